The number of H-pyrrole nitrogens is 1. The molecular formula is C16H21N7O. The van der Waals surface area contributed by atoms with E-state index < -0.39 is 0 Å². The predicted octanol–water partition coefficient (Wildman–Crippen LogP) is 0.926. The summed E-state index contributed by atoms with van der Waals surface area (Å²) < 4.78 is 1.58. The Kier molecular flexibility index (Phi) is 3.17. The SMILES string of the molecule is O=C(Cn1cncn1)N1C[C@H](c2nc(C3CC3)n[nH]2)[C@@H](C2CC2)C1. The highest BCUT2D eigenvalue weighted by molar-refractivity contribution is 5.76. The van der Waals surface area contributed by atoms with E-state index in [4.69, 9.17) is 4.98 Å². The Hall–Kier alpha value is -2.25. The van der Waals surface area contributed by atoms with Crippen molar-refractivity contribution < 1.29 is 4.79 Å². The number of hydrogen-bond donors (Lipinski definition) is 1. The third kappa shape index (κ3) is 2.59. The molecule has 1 aliphatic heterocycles. The molecule has 0 radical (unpaired) electrons. The summed E-state index contributed by atoms with van der Waals surface area (Å²) in [5.74, 6) is 4.13. The molecule has 8 nitrogen and oxygen atoms in total. The summed E-state index contributed by atoms with van der Waals surface area (Å²) in [6, 6.07) is 0. The van der Waals surface area contributed by atoms with Gasteiger partial charge in [-0.1, -0.05) is 0 Å². The van der Waals surface area contributed by atoms with Crippen molar-refractivity contribution in [1.82, 2.24) is 34.8 Å². The van der Waals surface area contributed by atoms with Gasteiger partial charge in [-0.3, -0.25) is 9.89 Å². The molecule has 24 heavy (non-hydrogen) atoms. The van der Waals surface area contributed by atoms with Crippen molar-refractivity contribution in [2.75, 3.05) is 13.1 Å². The van der Waals surface area contributed by atoms with E-state index in [0.717, 1.165) is 30.7 Å². The van der Waals surface area contributed by atoms with E-state index in [-0.39, 0.29) is 18.4 Å². The van der Waals surface area contributed by atoms with Crippen LogP contribution in [0.2, 0.25) is 0 Å². The van der Waals surface area contributed by atoms with Gasteiger partial charge in [0.2, 0.25) is 5.91 Å². The zero-order valence-corrected chi connectivity index (χ0v) is 13.5. The van der Waals surface area contributed by atoms with Gasteiger partial charge >= 0.3 is 0 Å². The maximum atomic E-state index is 12.6. The van der Waals surface area contributed by atoms with Gasteiger partial charge in [-0.05, 0) is 37.5 Å². The molecule has 0 aromatic carbocycles. The Labute approximate surface area is 139 Å². The molecule has 5 rings (SSSR count). The third-order valence-corrected chi connectivity index (χ3v) is 5.52. The molecule has 0 unspecified atom stereocenters. The van der Waals surface area contributed by atoms with Gasteiger partial charge < -0.3 is 4.90 Å². The fraction of sp³-hybridized carbons (Fsp3) is 0.688. The van der Waals surface area contributed by atoms with E-state index >= 15 is 0 Å². The van der Waals surface area contributed by atoms with Crippen molar-refractivity contribution in [2.45, 2.75) is 44.1 Å². The standard InChI is InChI=1S/C16H21N7O/c24-14(7-23-9-17-8-18-23)22-5-12(10-1-2-10)13(6-22)16-19-15(20-21-16)11-3-4-11/h8-13H,1-7H2,(H,19,20,21)/t12-,13+/m1/s1. The molecule has 2 aromatic heterocycles. The maximum Gasteiger partial charge on any atom is 0.244 e. The first-order valence-corrected chi connectivity index (χ1v) is 8.80. The van der Waals surface area contributed by atoms with Gasteiger partial charge in [0.25, 0.3) is 0 Å². The predicted molar refractivity (Wildman–Crippen MR) is 83.9 cm³/mol. The Morgan fingerprint density at radius 3 is 2.83 bits per heavy atom. The molecule has 2 atom stereocenters. The number of nitrogens with zero attached hydrogens (tertiary/aromatic N) is 6. The van der Waals surface area contributed by atoms with E-state index in [0.29, 0.717) is 11.8 Å². The normalized spacial score (nSPS) is 26.9. The van der Waals surface area contributed by atoms with Crippen LogP contribution in [-0.4, -0.2) is 53.8 Å². The van der Waals surface area contributed by atoms with Gasteiger partial charge in [-0.25, -0.2) is 14.6 Å². The number of aromatic nitrogens is 6. The van der Waals surface area contributed by atoms with Gasteiger partial charge in [0.1, 0.15) is 25.0 Å². The van der Waals surface area contributed by atoms with Crippen molar-refractivity contribution in [3.05, 3.63) is 24.3 Å². The topological polar surface area (TPSA) is 92.6 Å². The molecule has 126 valence electrons. The van der Waals surface area contributed by atoms with Crippen LogP contribution in [0.5, 0.6) is 0 Å². The minimum absolute atomic E-state index is 0.107. The molecular weight excluding hydrogens is 306 g/mol. The van der Waals surface area contributed by atoms with Crippen LogP contribution in [0.1, 0.15) is 49.2 Å². The molecule has 0 bridgehead atoms. The lowest BCUT2D eigenvalue weighted by Crippen LogP contribution is -2.32. The summed E-state index contributed by atoms with van der Waals surface area (Å²) >= 11 is 0. The second-order valence-electron chi connectivity index (χ2n) is 7.35. The highest BCUT2D eigenvalue weighted by Gasteiger charge is 2.45. The van der Waals surface area contributed by atoms with Gasteiger partial charge in [0.15, 0.2) is 5.82 Å². The zero-order chi connectivity index (χ0) is 16.1. The lowest BCUT2D eigenvalue weighted by molar-refractivity contribution is -0.131. The maximum absolute atomic E-state index is 12.6. The number of carbonyl (C=O) groups excluding carboxylic acids is 1. The Balaban J connectivity index is 1.33. The van der Waals surface area contributed by atoms with E-state index in [9.17, 15) is 4.79 Å². The minimum Gasteiger partial charge on any atom is -0.340 e. The van der Waals surface area contributed by atoms with E-state index in [2.05, 4.69) is 20.3 Å². The number of amides is 1. The quantitative estimate of drug-likeness (QED) is 0.882. The number of rotatable bonds is 5. The van der Waals surface area contributed by atoms with E-state index in [1.807, 2.05) is 4.90 Å². The smallest absolute Gasteiger partial charge is 0.244 e. The summed E-state index contributed by atoms with van der Waals surface area (Å²) in [5, 5.41) is 11.6. The highest BCUT2D eigenvalue weighted by Crippen LogP contribution is 2.47. The Morgan fingerprint density at radius 2 is 2.12 bits per heavy atom. The Morgan fingerprint density at radius 1 is 1.25 bits per heavy atom. The molecule has 0 spiro atoms. The van der Waals surface area contributed by atoms with E-state index in [1.54, 1.807) is 11.0 Å². The fourth-order valence-corrected chi connectivity index (χ4v) is 3.85. The number of likely N-dealkylation sites (tertiary alicyclic amines) is 1. The summed E-state index contributed by atoms with van der Waals surface area (Å²) in [6.07, 6.45) is 8.00. The summed E-state index contributed by atoms with van der Waals surface area (Å²) in [5.41, 5.74) is 0. The van der Waals surface area contributed by atoms with Crippen molar-refractivity contribution in [2.24, 2.45) is 11.8 Å². The molecule has 1 N–H and O–H groups in total. The molecule has 8 heteroatoms. The van der Waals surface area contributed by atoms with Crippen molar-refractivity contribution in [3.63, 3.8) is 0 Å². The van der Waals surface area contributed by atoms with Crippen molar-refractivity contribution >= 4 is 5.91 Å². The average Bonchev–Trinajstić information content (AvgIpc) is 3.46. The lowest BCUT2D eigenvalue weighted by Gasteiger charge is -2.15. The highest BCUT2D eigenvalue weighted by atomic mass is 16.2. The molecule has 1 amide bonds. The van der Waals surface area contributed by atoms with Crippen LogP contribution < -0.4 is 0 Å². The molecule has 2 aromatic rings. The van der Waals surface area contributed by atoms with Crippen LogP contribution >= 0.6 is 0 Å². The van der Waals surface area contributed by atoms with Crippen molar-refractivity contribution in [3.8, 4) is 0 Å². The van der Waals surface area contributed by atoms with Crippen LogP contribution in [0.3, 0.4) is 0 Å². The van der Waals surface area contributed by atoms with Crippen LogP contribution in [0.25, 0.3) is 0 Å². The van der Waals surface area contributed by atoms with Crippen LogP contribution in [0.15, 0.2) is 12.7 Å². The fourth-order valence-electron chi connectivity index (χ4n) is 3.85. The third-order valence-electron chi connectivity index (χ3n) is 5.52. The van der Waals surface area contributed by atoms with Gasteiger partial charge in [0, 0.05) is 24.9 Å². The first-order chi connectivity index (χ1) is 11.8. The first kappa shape index (κ1) is 14.1. The first-order valence-electron chi connectivity index (χ1n) is 8.80. The largest absolute Gasteiger partial charge is 0.340 e. The molecule has 3 aliphatic rings. The lowest BCUT2D eigenvalue weighted by atomic mass is 9.91. The van der Waals surface area contributed by atoms with Crippen LogP contribution in [0, 0.1) is 11.8 Å². The molecule has 2 saturated carbocycles. The number of carbonyl (C=O) groups is 1. The zero-order valence-electron chi connectivity index (χ0n) is 13.5. The van der Waals surface area contributed by atoms with Gasteiger partial charge in [0.05, 0.1) is 0 Å². The van der Waals surface area contributed by atoms with Crippen LogP contribution in [0.4, 0.5) is 0 Å². The molecule has 3 heterocycles. The molecule has 3 fully saturated rings. The van der Waals surface area contributed by atoms with Gasteiger partial charge in [-0.2, -0.15) is 10.2 Å². The Bertz CT molecular complexity index is 731. The van der Waals surface area contributed by atoms with Crippen molar-refractivity contribution in [1.29, 1.82) is 0 Å². The summed E-state index contributed by atoms with van der Waals surface area (Å²) in [6.45, 7) is 1.81. The average molecular weight is 327 g/mol. The van der Waals surface area contributed by atoms with E-state index in [1.165, 1.54) is 32.0 Å². The summed E-state index contributed by atoms with van der Waals surface area (Å²) in [7, 11) is 0. The number of nitrogens with one attached hydrogen (secondary N) is 1. The second-order valence-corrected chi connectivity index (χ2v) is 7.35. The molecule has 2 aliphatic carbocycles. The monoisotopic (exact) mass is 327 g/mol. The second kappa shape index (κ2) is 5.39. The minimum atomic E-state index is 0.107. The number of hydrogen-bond acceptors (Lipinski definition) is 5. The van der Waals surface area contributed by atoms with Crippen LogP contribution in [-0.2, 0) is 11.3 Å². The van der Waals surface area contributed by atoms with Gasteiger partial charge in [-0.15, -0.1) is 0 Å². The number of aromatic amines is 1. The summed E-state index contributed by atoms with van der Waals surface area (Å²) in [4.78, 5) is 23.2. The molecule has 1 saturated heterocycles.